The summed E-state index contributed by atoms with van der Waals surface area (Å²) in [6, 6.07) is 5.06. The van der Waals surface area contributed by atoms with Crippen molar-refractivity contribution in [2.75, 3.05) is 0 Å². The molecule has 0 atom stereocenters. The average Bonchev–Trinajstić information content (AvgIpc) is 3.01. The van der Waals surface area contributed by atoms with Gasteiger partial charge in [0.15, 0.2) is 0 Å². The number of phenols is 1. The van der Waals surface area contributed by atoms with Crippen LogP contribution in [0.25, 0.3) is 22.8 Å². The van der Waals surface area contributed by atoms with E-state index in [0.717, 1.165) is 5.56 Å². The van der Waals surface area contributed by atoms with Gasteiger partial charge in [-0.25, -0.2) is 0 Å². The van der Waals surface area contributed by atoms with Crippen LogP contribution in [-0.4, -0.2) is 25.0 Å². The van der Waals surface area contributed by atoms with Gasteiger partial charge in [0.1, 0.15) is 5.75 Å². The van der Waals surface area contributed by atoms with Gasteiger partial charge in [-0.1, -0.05) is 5.16 Å². The second kappa shape index (κ2) is 4.51. The van der Waals surface area contributed by atoms with Crippen LogP contribution in [0.3, 0.4) is 0 Å². The molecule has 96 valence electrons. The normalized spacial score (nSPS) is 10.8. The number of hydrogen-bond donors (Lipinski definition) is 1. The third-order valence-corrected chi connectivity index (χ3v) is 3.25. The van der Waals surface area contributed by atoms with Gasteiger partial charge < -0.3 is 9.63 Å². The molecule has 3 rings (SSSR count). The number of phenolic OH excluding ortho intramolecular Hbond substituents is 1. The van der Waals surface area contributed by atoms with Crippen molar-refractivity contribution in [3.05, 3.63) is 35.1 Å². The van der Waals surface area contributed by atoms with Gasteiger partial charge in [0.2, 0.25) is 5.82 Å². The lowest BCUT2D eigenvalue weighted by atomic mass is 10.2. The van der Waals surface area contributed by atoms with E-state index in [-0.39, 0.29) is 5.75 Å². The lowest BCUT2D eigenvalue weighted by molar-refractivity contribution is 0.431. The van der Waals surface area contributed by atoms with Crippen LogP contribution in [0.15, 0.2) is 39.6 Å². The van der Waals surface area contributed by atoms with E-state index in [1.165, 1.54) is 0 Å². The molecule has 0 saturated heterocycles. The Kier molecular flexibility index (Phi) is 2.83. The Labute approximate surface area is 116 Å². The van der Waals surface area contributed by atoms with Crippen LogP contribution >= 0.6 is 15.9 Å². The van der Waals surface area contributed by atoms with Crippen molar-refractivity contribution in [2.45, 2.75) is 0 Å². The van der Waals surface area contributed by atoms with Crippen molar-refractivity contribution in [1.29, 1.82) is 0 Å². The average molecular weight is 321 g/mol. The largest absolute Gasteiger partial charge is 0.507 e. The predicted molar refractivity (Wildman–Crippen MR) is 71.3 cm³/mol. The fraction of sp³-hybridized carbons (Fsp3) is 0.0833. The van der Waals surface area contributed by atoms with Crippen molar-refractivity contribution in [2.24, 2.45) is 7.05 Å². The van der Waals surface area contributed by atoms with Crippen molar-refractivity contribution < 1.29 is 9.63 Å². The Bertz CT molecular complexity index is 735. The summed E-state index contributed by atoms with van der Waals surface area (Å²) < 4.78 is 7.46. The number of aryl methyl sites for hydroxylation is 1. The SMILES string of the molecule is Cn1cc(-c2noc(-c3ccc(Br)c(O)c3)n2)cn1. The van der Waals surface area contributed by atoms with Crippen molar-refractivity contribution in [3.8, 4) is 28.6 Å². The molecule has 0 fully saturated rings. The molecule has 6 nitrogen and oxygen atoms in total. The summed E-state index contributed by atoms with van der Waals surface area (Å²) in [6.07, 6.45) is 3.46. The van der Waals surface area contributed by atoms with Gasteiger partial charge in [0.05, 0.1) is 16.2 Å². The van der Waals surface area contributed by atoms with Crippen molar-refractivity contribution in [3.63, 3.8) is 0 Å². The maximum Gasteiger partial charge on any atom is 0.258 e. The fourth-order valence-corrected chi connectivity index (χ4v) is 1.89. The van der Waals surface area contributed by atoms with Crippen LogP contribution in [0.2, 0.25) is 0 Å². The van der Waals surface area contributed by atoms with E-state index in [9.17, 15) is 5.11 Å². The topological polar surface area (TPSA) is 77.0 Å². The molecule has 19 heavy (non-hydrogen) atoms. The first-order chi connectivity index (χ1) is 9.13. The van der Waals surface area contributed by atoms with E-state index in [0.29, 0.717) is 21.8 Å². The van der Waals surface area contributed by atoms with E-state index in [2.05, 4.69) is 31.2 Å². The summed E-state index contributed by atoms with van der Waals surface area (Å²) in [7, 11) is 1.82. The summed E-state index contributed by atoms with van der Waals surface area (Å²) in [5, 5.41) is 17.6. The first kappa shape index (κ1) is 11.9. The summed E-state index contributed by atoms with van der Waals surface area (Å²) >= 11 is 3.22. The minimum atomic E-state index is 0.124. The number of aromatic nitrogens is 4. The lowest BCUT2D eigenvalue weighted by Crippen LogP contribution is -1.84. The molecule has 0 aliphatic heterocycles. The van der Waals surface area contributed by atoms with E-state index in [1.807, 2.05) is 7.05 Å². The molecule has 0 aliphatic rings. The van der Waals surface area contributed by atoms with Crippen LogP contribution < -0.4 is 0 Å². The summed E-state index contributed by atoms with van der Waals surface area (Å²) in [5.74, 6) is 0.936. The number of benzene rings is 1. The molecule has 0 radical (unpaired) electrons. The van der Waals surface area contributed by atoms with Gasteiger partial charge in [-0.15, -0.1) is 0 Å². The zero-order chi connectivity index (χ0) is 13.4. The molecule has 1 aromatic carbocycles. The molecule has 0 spiro atoms. The van der Waals surface area contributed by atoms with Gasteiger partial charge in [-0.05, 0) is 34.1 Å². The molecule has 0 saturated carbocycles. The summed E-state index contributed by atoms with van der Waals surface area (Å²) in [6.45, 7) is 0. The third-order valence-electron chi connectivity index (χ3n) is 2.58. The molecular formula is C12H9BrN4O2. The number of nitrogens with zero attached hydrogens (tertiary/aromatic N) is 4. The summed E-state index contributed by atoms with van der Waals surface area (Å²) in [5.41, 5.74) is 1.43. The highest BCUT2D eigenvalue weighted by Crippen LogP contribution is 2.29. The van der Waals surface area contributed by atoms with Gasteiger partial charge in [-0.3, -0.25) is 4.68 Å². The second-order valence-electron chi connectivity index (χ2n) is 3.99. The molecule has 0 bridgehead atoms. The quantitative estimate of drug-likeness (QED) is 0.785. The molecule has 3 aromatic rings. The Balaban J connectivity index is 1.98. The molecule has 0 amide bonds. The lowest BCUT2D eigenvalue weighted by Gasteiger charge is -1.97. The van der Waals surface area contributed by atoms with E-state index >= 15 is 0 Å². The highest BCUT2D eigenvalue weighted by Gasteiger charge is 2.12. The fourth-order valence-electron chi connectivity index (χ4n) is 1.64. The number of aromatic hydroxyl groups is 1. The zero-order valence-corrected chi connectivity index (χ0v) is 11.5. The smallest absolute Gasteiger partial charge is 0.258 e. The van der Waals surface area contributed by atoms with E-state index < -0.39 is 0 Å². The second-order valence-corrected chi connectivity index (χ2v) is 4.85. The molecular weight excluding hydrogens is 312 g/mol. The van der Waals surface area contributed by atoms with E-state index in [1.54, 1.807) is 35.3 Å². The van der Waals surface area contributed by atoms with Gasteiger partial charge >= 0.3 is 0 Å². The first-order valence-electron chi connectivity index (χ1n) is 5.45. The molecule has 2 heterocycles. The predicted octanol–water partition coefficient (Wildman–Crippen LogP) is 2.61. The first-order valence-corrected chi connectivity index (χ1v) is 6.24. The molecule has 0 unspecified atom stereocenters. The van der Waals surface area contributed by atoms with Crippen LogP contribution in [0.4, 0.5) is 0 Å². The van der Waals surface area contributed by atoms with Crippen molar-refractivity contribution in [1.82, 2.24) is 19.9 Å². The molecule has 7 heteroatoms. The minimum Gasteiger partial charge on any atom is -0.507 e. The van der Waals surface area contributed by atoms with Gasteiger partial charge in [0.25, 0.3) is 5.89 Å². The minimum absolute atomic E-state index is 0.124. The van der Waals surface area contributed by atoms with Gasteiger partial charge in [0, 0.05) is 18.8 Å². The maximum atomic E-state index is 9.64. The van der Waals surface area contributed by atoms with Crippen LogP contribution in [0, 0.1) is 0 Å². The Morgan fingerprint density at radius 2 is 2.16 bits per heavy atom. The van der Waals surface area contributed by atoms with Crippen LogP contribution in [-0.2, 0) is 7.05 Å². The zero-order valence-electron chi connectivity index (χ0n) is 9.91. The standard InChI is InChI=1S/C12H9BrN4O2/c1-17-6-8(5-14-17)11-15-12(19-16-11)7-2-3-9(13)10(18)4-7/h2-6,18H,1H3. The molecule has 2 aromatic heterocycles. The highest BCUT2D eigenvalue weighted by molar-refractivity contribution is 9.10. The number of hydrogen-bond acceptors (Lipinski definition) is 5. The Hall–Kier alpha value is -2.15. The van der Waals surface area contributed by atoms with Crippen molar-refractivity contribution >= 4 is 15.9 Å². The van der Waals surface area contributed by atoms with E-state index in [4.69, 9.17) is 4.52 Å². The van der Waals surface area contributed by atoms with Gasteiger partial charge in [-0.2, -0.15) is 10.1 Å². The van der Waals surface area contributed by atoms with Crippen LogP contribution in [0.5, 0.6) is 5.75 Å². The highest BCUT2D eigenvalue weighted by atomic mass is 79.9. The third kappa shape index (κ3) is 2.24. The molecule has 0 aliphatic carbocycles. The monoisotopic (exact) mass is 320 g/mol. The number of halogens is 1. The summed E-state index contributed by atoms with van der Waals surface area (Å²) in [4.78, 5) is 4.28. The number of rotatable bonds is 2. The van der Waals surface area contributed by atoms with Crippen LogP contribution in [0.1, 0.15) is 0 Å². The molecule has 1 N–H and O–H groups in total. The Morgan fingerprint density at radius 1 is 1.32 bits per heavy atom. The maximum absolute atomic E-state index is 9.64. The Morgan fingerprint density at radius 3 is 2.84 bits per heavy atom.